The summed E-state index contributed by atoms with van der Waals surface area (Å²) in [6.07, 6.45) is 4.69. The quantitative estimate of drug-likeness (QED) is 0.712. The number of amides is 1. The monoisotopic (exact) mass is 234 g/mol. The molecule has 0 aliphatic heterocycles. The molecular weight excluding hydrogens is 212 g/mol. The van der Waals surface area contributed by atoms with Gasteiger partial charge in [-0.25, -0.2) is 0 Å². The molecule has 94 valence electrons. The lowest BCUT2D eigenvalue weighted by Crippen LogP contribution is -2.24. The maximum Gasteiger partial charge on any atom is 0.251 e. The summed E-state index contributed by atoms with van der Waals surface area (Å²) in [5.41, 5.74) is 7.25. The van der Waals surface area contributed by atoms with Gasteiger partial charge in [-0.1, -0.05) is 38.3 Å². The zero-order valence-electron chi connectivity index (χ0n) is 10.5. The molecule has 0 saturated heterocycles. The van der Waals surface area contributed by atoms with Gasteiger partial charge in [0.2, 0.25) is 0 Å². The molecule has 0 spiro atoms. The molecule has 0 aliphatic rings. The topological polar surface area (TPSA) is 55.1 Å². The van der Waals surface area contributed by atoms with Gasteiger partial charge >= 0.3 is 0 Å². The minimum atomic E-state index is 0.00469. The fourth-order valence-corrected chi connectivity index (χ4v) is 1.65. The van der Waals surface area contributed by atoms with Crippen molar-refractivity contribution in [3.05, 3.63) is 35.4 Å². The van der Waals surface area contributed by atoms with Crippen molar-refractivity contribution in [2.75, 3.05) is 6.54 Å². The molecule has 0 aliphatic carbocycles. The predicted molar refractivity (Wildman–Crippen MR) is 70.8 cm³/mol. The second kappa shape index (κ2) is 7.85. The molecule has 1 aromatic carbocycles. The Morgan fingerprint density at radius 3 is 2.47 bits per heavy atom. The van der Waals surface area contributed by atoms with Gasteiger partial charge in [0.15, 0.2) is 0 Å². The Kier molecular flexibility index (Phi) is 6.33. The maximum absolute atomic E-state index is 11.7. The smallest absolute Gasteiger partial charge is 0.251 e. The van der Waals surface area contributed by atoms with Crippen LogP contribution >= 0.6 is 0 Å². The van der Waals surface area contributed by atoms with Crippen molar-refractivity contribution >= 4 is 5.91 Å². The molecule has 3 nitrogen and oxygen atoms in total. The summed E-state index contributed by atoms with van der Waals surface area (Å²) in [6.45, 7) is 3.45. The van der Waals surface area contributed by atoms with E-state index in [0.717, 1.165) is 18.5 Å². The average Bonchev–Trinajstić information content (AvgIpc) is 2.38. The van der Waals surface area contributed by atoms with Gasteiger partial charge in [0, 0.05) is 18.7 Å². The first kappa shape index (κ1) is 13.7. The Labute approximate surface area is 103 Å². The Morgan fingerprint density at radius 2 is 1.88 bits per heavy atom. The van der Waals surface area contributed by atoms with E-state index in [2.05, 4.69) is 12.2 Å². The van der Waals surface area contributed by atoms with E-state index in [-0.39, 0.29) is 5.91 Å². The van der Waals surface area contributed by atoms with E-state index in [1.54, 1.807) is 0 Å². The van der Waals surface area contributed by atoms with Gasteiger partial charge in [0.25, 0.3) is 5.91 Å². The number of nitrogens with two attached hydrogens (primary N) is 1. The third kappa shape index (κ3) is 5.00. The highest BCUT2D eigenvalue weighted by Gasteiger charge is 2.03. The molecule has 0 saturated carbocycles. The van der Waals surface area contributed by atoms with E-state index >= 15 is 0 Å². The standard InChI is InChI=1S/C14H22N2O/c1-2-3-4-5-10-16-14(17)13-8-6-12(11-15)7-9-13/h6-9H,2-5,10-11,15H2,1H3,(H,16,17). The fraction of sp³-hybridized carbons (Fsp3) is 0.500. The van der Waals surface area contributed by atoms with Crippen molar-refractivity contribution in [1.82, 2.24) is 5.32 Å². The molecule has 0 radical (unpaired) electrons. The Balaban J connectivity index is 2.31. The van der Waals surface area contributed by atoms with Crippen LogP contribution in [0.25, 0.3) is 0 Å². The van der Waals surface area contributed by atoms with E-state index in [4.69, 9.17) is 5.73 Å². The molecular formula is C14H22N2O. The average molecular weight is 234 g/mol. The number of nitrogens with one attached hydrogen (secondary N) is 1. The van der Waals surface area contributed by atoms with Crippen molar-refractivity contribution < 1.29 is 4.79 Å². The third-order valence-electron chi connectivity index (χ3n) is 2.77. The maximum atomic E-state index is 11.7. The molecule has 0 atom stereocenters. The van der Waals surface area contributed by atoms with E-state index in [0.29, 0.717) is 12.1 Å². The number of carbonyl (C=O) groups excluding carboxylic acids is 1. The van der Waals surface area contributed by atoms with Crippen molar-refractivity contribution in [3.63, 3.8) is 0 Å². The minimum Gasteiger partial charge on any atom is -0.352 e. The highest BCUT2D eigenvalue weighted by atomic mass is 16.1. The lowest BCUT2D eigenvalue weighted by atomic mass is 10.1. The first-order valence-electron chi connectivity index (χ1n) is 6.35. The van der Waals surface area contributed by atoms with Crippen LogP contribution in [0.4, 0.5) is 0 Å². The summed E-state index contributed by atoms with van der Waals surface area (Å²) in [4.78, 5) is 11.7. The van der Waals surface area contributed by atoms with Crippen LogP contribution in [0.15, 0.2) is 24.3 Å². The summed E-state index contributed by atoms with van der Waals surface area (Å²) >= 11 is 0. The number of unbranched alkanes of at least 4 members (excludes halogenated alkanes) is 3. The summed E-state index contributed by atoms with van der Waals surface area (Å²) < 4.78 is 0. The normalized spacial score (nSPS) is 10.2. The van der Waals surface area contributed by atoms with Crippen LogP contribution in [-0.4, -0.2) is 12.5 Å². The van der Waals surface area contributed by atoms with Gasteiger partial charge < -0.3 is 11.1 Å². The van der Waals surface area contributed by atoms with Gasteiger partial charge in [-0.2, -0.15) is 0 Å². The van der Waals surface area contributed by atoms with Crippen molar-refractivity contribution in [1.29, 1.82) is 0 Å². The van der Waals surface area contributed by atoms with Crippen molar-refractivity contribution in [2.45, 2.75) is 39.2 Å². The largest absolute Gasteiger partial charge is 0.352 e. The minimum absolute atomic E-state index is 0.00469. The van der Waals surface area contributed by atoms with E-state index < -0.39 is 0 Å². The summed E-state index contributed by atoms with van der Waals surface area (Å²) in [7, 11) is 0. The third-order valence-corrected chi connectivity index (χ3v) is 2.77. The number of carbonyl (C=O) groups is 1. The van der Waals surface area contributed by atoms with Crippen LogP contribution in [0.2, 0.25) is 0 Å². The molecule has 0 aromatic heterocycles. The first-order chi connectivity index (χ1) is 8.27. The molecule has 0 bridgehead atoms. The molecule has 3 N–H and O–H groups in total. The highest BCUT2D eigenvalue weighted by molar-refractivity contribution is 5.94. The van der Waals surface area contributed by atoms with Crippen molar-refractivity contribution in [2.24, 2.45) is 5.73 Å². The second-order valence-corrected chi connectivity index (χ2v) is 4.22. The summed E-state index contributed by atoms with van der Waals surface area (Å²) in [5, 5.41) is 2.93. The molecule has 1 amide bonds. The van der Waals surface area contributed by atoms with Gasteiger partial charge in [0.1, 0.15) is 0 Å². The highest BCUT2D eigenvalue weighted by Crippen LogP contribution is 2.04. The van der Waals surface area contributed by atoms with Crippen LogP contribution in [0.3, 0.4) is 0 Å². The second-order valence-electron chi connectivity index (χ2n) is 4.22. The van der Waals surface area contributed by atoms with Gasteiger partial charge in [-0.3, -0.25) is 4.79 Å². The van der Waals surface area contributed by atoms with Crippen LogP contribution in [-0.2, 0) is 6.54 Å². The van der Waals surface area contributed by atoms with Crippen LogP contribution in [0, 0.1) is 0 Å². The number of hydrogen-bond acceptors (Lipinski definition) is 2. The Hall–Kier alpha value is -1.35. The van der Waals surface area contributed by atoms with E-state index in [1.807, 2.05) is 24.3 Å². The van der Waals surface area contributed by atoms with E-state index in [1.165, 1.54) is 19.3 Å². The van der Waals surface area contributed by atoms with Gasteiger partial charge in [0.05, 0.1) is 0 Å². The Morgan fingerprint density at radius 1 is 1.18 bits per heavy atom. The van der Waals surface area contributed by atoms with E-state index in [9.17, 15) is 4.79 Å². The molecule has 17 heavy (non-hydrogen) atoms. The molecule has 0 unspecified atom stereocenters. The van der Waals surface area contributed by atoms with Crippen LogP contribution in [0.1, 0.15) is 48.5 Å². The SMILES string of the molecule is CCCCCCNC(=O)c1ccc(CN)cc1. The number of hydrogen-bond donors (Lipinski definition) is 2. The molecule has 0 fully saturated rings. The zero-order valence-corrected chi connectivity index (χ0v) is 10.5. The lowest BCUT2D eigenvalue weighted by molar-refractivity contribution is 0.0953. The van der Waals surface area contributed by atoms with Crippen molar-refractivity contribution in [3.8, 4) is 0 Å². The van der Waals surface area contributed by atoms with Crippen LogP contribution < -0.4 is 11.1 Å². The van der Waals surface area contributed by atoms with Crippen LogP contribution in [0.5, 0.6) is 0 Å². The van der Waals surface area contributed by atoms with Gasteiger partial charge in [-0.15, -0.1) is 0 Å². The summed E-state index contributed by atoms with van der Waals surface area (Å²) in [5.74, 6) is 0.00469. The lowest BCUT2D eigenvalue weighted by Gasteiger charge is -2.05. The predicted octanol–water partition coefficient (Wildman–Crippen LogP) is 2.46. The summed E-state index contributed by atoms with van der Waals surface area (Å²) in [6, 6.07) is 7.44. The first-order valence-corrected chi connectivity index (χ1v) is 6.35. The molecule has 0 heterocycles. The number of benzene rings is 1. The zero-order chi connectivity index (χ0) is 12.5. The molecule has 1 rings (SSSR count). The number of rotatable bonds is 7. The van der Waals surface area contributed by atoms with Gasteiger partial charge in [-0.05, 0) is 24.1 Å². The Bertz CT molecular complexity index is 333. The fourth-order valence-electron chi connectivity index (χ4n) is 1.65. The molecule has 1 aromatic rings. The molecule has 3 heteroatoms.